The van der Waals surface area contributed by atoms with Crippen LogP contribution in [0.4, 0.5) is 0 Å². The van der Waals surface area contributed by atoms with Crippen molar-refractivity contribution in [3.05, 3.63) is 23.8 Å². The molecule has 0 spiro atoms. The van der Waals surface area contributed by atoms with Crippen molar-refractivity contribution in [1.82, 2.24) is 4.90 Å². The maximum atomic E-state index is 12.1. The third-order valence-corrected chi connectivity index (χ3v) is 6.28. The van der Waals surface area contributed by atoms with E-state index >= 15 is 0 Å². The van der Waals surface area contributed by atoms with Gasteiger partial charge in [-0.05, 0) is 38.5 Å². The smallest absolute Gasteiger partial charge is 0.248 e. The first kappa shape index (κ1) is 23.4. The summed E-state index contributed by atoms with van der Waals surface area (Å²) in [5, 5.41) is 19.7. The average Bonchev–Trinajstić information content (AvgIpc) is 3.06. The van der Waals surface area contributed by atoms with Crippen LogP contribution in [0.3, 0.4) is 0 Å². The van der Waals surface area contributed by atoms with Crippen molar-refractivity contribution in [2.75, 3.05) is 40.5 Å². The van der Waals surface area contributed by atoms with Gasteiger partial charge in [0.25, 0.3) is 0 Å². The summed E-state index contributed by atoms with van der Waals surface area (Å²) in [6.45, 7) is 8.48. The van der Waals surface area contributed by atoms with Crippen molar-refractivity contribution < 1.29 is 29.2 Å². The highest BCUT2D eigenvalue weighted by Crippen LogP contribution is 2.46. The van der Waals surface area contributed by atoms with Crippen LogP contribution in [-0.4, -0.2) is 73.2 Å². The summed E-state index contributed by atoms with van der Waals surface area (Å²) in [7, 11) is 3.27. The lowest BCUT2D eigenvalue weighted by molar-refractivity contribution is -0.133. The first-order valence-electron chi connectivity index (χ1n) is 10.0. The topological polar surface area (TPSA) is 88.5 Å². The normalized spacial score (nSPS) is 23.2. The van der Waals surface area contributed by atoms with Gasteiger partial charge in [-0.1, -0.05) is 13.0 Å². The molecule has 29 heavy (non-hydrogen) atoms. The van der Waals surface area contributed by atoms with E-state index in [1.165, 1.54) is 0 Å². The number of nitrogens with zero attached hydrogens (tertiary/aromatic N) is 1. The molecule has 0 saturated carbocycles. The van der Waals surface area contributed by atoms with Crippen LogP contribution >= 0.6 is 0 Å². The van der Waals surface area contributed by atoms with Crippen molar-refractivity contribution >= 4 is 5.91 Å². The van der Waals surface area contributed by atoms with E-state index in [1.54, 1.807) is 26.0 Å². The summed E-state index contributed by atoms with van der Waals surface area (Å²) in [5.41, 5.74) is 0.143. The quantitative estimate of drug-likeness (QED) is 0.650. The lowest BCUT2D eigenvalue weighted by Gasteiger charge is -2.34. The molecule has 7 heteroatoms. The van der Waals surface area contributed by atoms with Crippen LogP contribution in [0.2, 0.25) is 0 Å². The second-order valence-electron chi connectivity index (χ2n) is 8.64. The number of hydrogen-bond donors (Lipinski definition) is 2. The Balaban J connectivity index is 2.29. The number of hydrogen-bond acceptors (Lipinski definition) is 6. The van der Waals surface area contributed by atoms with Gasteiger partial charge in [-0.2, -0.15) is 0 Å². The van der Waals surface area contributed by atoms with E-state index in [0.29, 0.717) is 37.6 Å². The third kappa shape index (κ3) is 5.21. The van der Waals surface area contributed by atoms with Crippen LogP contribution in [0.25, 0.3) is 0 Å². The molecule has 0 aromatic heterocycles. The standard InChI is InChI=1S/C22H35NO6/c1-15(25)22(4)14-23(20(26)13-24)12-17(22)16-7-8-18(27-5)19(11-16)29-10-9-21(2,3)28-6/h7-8,11,15,17,24-25H,9-10,12-14H2,1-6H3/t15-,17?,22?/m1/s1. The predicted octanol–water partition coefficient (Wildman–Crippen LogP) is 2.19. The number of amides is 1. The molecule has 7 nitrogen and oxygen atoms in total. The van der Waals surface area contributed by atoms with E-state index < -0.39 is 18.1 Å². The van der Waals surface area contributed by atoms with Crippen molar-refractivity contribution in [1.29, 1.82) is 0 Å². The number of methoxy groups -OCH3 is 2. The summed E-state index contributed by atoms with van der Waals surface area (Å²) < 4.78 is 16.9. The molecule has 1 heterocycles. The summed E-state index contributed by atoms with van der Waals surface area (Å²) in [6.07, 6.45) is 0.0859. The Morgan fingerprint density at radius 3 is 2.59 bits per heavy atom. The van der Waals surface area contributed by atoms with Crippen molar-refractivity contribution in [3.8, 4) is 11.5 Å². The number of aliphatic hydroxyl groups excluding tert-OH is 2. The highest BCUT2D eigenvalue weighted by Gasteiger charge is 2.48. The van der Waals surface area contributed by atoms with Crippen molar-refractivity contribution in [3.63, 3.8) is 0 Å². The molecule has 2 unspecified atom stereocenters. The third-order valence-electron chi connectivity index (χ3n) is 6.28. The van der Waals surface area contributed by atoms with Crippen molar-refractivity contribution in [2.24, 2.45) is 5.41 Å². The maximum Gasteiger partial charge on any atom is 0.248 e. The number of carbonyl (C=O) groups is 1. The minimum Gasteiger partial charge on any atom is -0.493 e. The van der Waals surface area contributed by atoms with E-state index in [-0.39, 0.29) is 17.4 Å². The predicted molar refractivity (Wildman–Crippen MR) is 110 cm³/mol. The zero-order chi connectivity index (χ0) is 21.8. The second-order valence-corrected chi connectivity index (χ2v) is 8.64. The molecule has 1 aliphatic heterocycles. The molecule has 2 N–H and O–H groups in total. The molecule has 0 bridgehead atoms. The molecule has 1 fully saturated rings. The Labute approximate surface area is 173 Å². The van der Waals surface area contributed by atoms with Gasteiger partial charge >= 0.3 is 0 Å². The number of rotatable bonds is 9. The first-order valence-corrected chi connectivity index (χ1v) is 10.0. The van der Waals surface area contributed by atoms with E-state index in [9.17, 15) is 15.0 Å². The van der Waals surface area contributed by atoms with Crippen LogP contribution in [-0.2, 0) is 9.53 Å². The molecule has 1 aromatic carbocycles. The average molecular weight is 410 g/mol. The zero-order valence-corrected chi connectivity index (χ0v) is 18.4. The van der Waals surface area contributed by atoms with Gasteiger partial charge in [0, 0.05) is 38.0 Å². The summed E-state index contributed by atoms with van der Waals surface area (Å²) in [5.74, 6) is 0.827. The Morgan fingerprint density at radius 1 is 1.34 bits per heavy atom. The van der Waals surface area contributed by atoms with Gasteiger partial charge in [-0.15, -0.1) is 0 Å². The molecule has 1 amide bonds. The van der Waals surface area contributed by atoms with E-state index in [4.69, 9.17) is 14.2 Å². The molecule has 1 aliphatic rings. The van der Waals surface area contributed by atoms with Crippen LogP contribution in [0, 0.1) is 5.41 Å². The van der Waals surface area contributed by atoms with Crippen LogP contribution in [0.1, 0.15) is 45.6 Å². The van der Waals surface area contributed by atoms with Gasteiger partial charge < -0.3 is 29.3 Å². The fourth-order valence-corrected chi connectivity index (χ4v) is 3.75. The van der Waals surface area contributed by atoms with E-state index in [0.717, 1.165) is 5.56 Å². The van der Waals surface area contributed by atoms with Crippen LogP contribution in [0.5, 0.6) is 11.5 Å². The minimum absolute atomic E-state index is 0.0957. The van der Waals surface area contributed by atoms with E-state index in [2.05, 4.69) is 0 Å². The number of ether oxygens (including phenoxy) is 3. The fourth-order valence-electron chi connectivity index (χ4n) is 3.75. The zero-order valence-electron chi connectivity index (χ0n) is 18.4. The lowest BCUT2D eigenvalue weighted by atomic mass is 9.72. The molecular weight excluding hydrogens is 374 g/mol. The lowest BCUT2D eigenvalue weighted by Crippen LogP contribution is -2.38. The number of benzene rings is 1. The largest absolute Gasteiger partial charge is 0.493 e. The SMILES string of the molecule is COc1ccc(C2CN(C(=O)CO)CC2(C)[C@@H](C)O)cc1OCCC(C)(C)OC. The van der Waals surface area contributed by atoms with Gasteiger partial charge in [0.2, 0.25) is 5.91 Å². The van der Waals surface area contributed by atoms with Gasteiger partial charge in [-0.25, -0.2) is 0 Å². The molecule has 0 radical (unpaired) electrons. The van der Waals surface area contributed by atoms with Crippen LogP contribution < -0.4 is 9.47 Å². The molecule has 0 aliphatic carbocycles. The Bertz CT molecular complexity index is 705. The van der Waals surface area contributed by atoms with E-state index in [1.807, 2.05) is 39.0 Å². The molecule has 3 atom stereocenters. The van der Waals surface area contributed by atoms with Crippen LogP contribution in [0.15, 0.2) is 18.2 Å². The summed E-state index contributed by atoms with van der Waals surface area (Å²) in [6, 6.07) is 5.73. The number of aliphatic hydroxyl groups is 2. The Hall–Kier alpha value is -1.83. The van der Waals surface area contributed by atoms with Gasteiger partial charge in [-0.3, -0.25) is 4.79 Å². The Morgan fingerprint density at radius 2 is 2.03 bits per heavy atom. The highest BCUT2D eigenvalue weighted by molar-refractivity contribution is 5.77. The summed E-state index contributed by atoms with van der Waals surface area (Å²) >= 11 is 0. The monoisotopic (exact) mass is 409 g/mol. The van der Waals surface area contributed by atoms with Gasteiger partial charge in [0.05, 0.1) is 25.4 Å². The minimum atomic E-state index is -0.627. The van der Waals surface area contributed by atoms with Gasteiger partial charge in [0.15, 0.2) is 11.5 Å². The molecule has 1 saturated heterocycles. The summed E-state index contributed by atoms with van der Waals surface area (Å²) in [4.78, 5) is 13.7. The molecule has 1 aromatic rings. The molecule has 2 rings (SSSR count). The number of likely N-dealkylation sites (tertiary alicyclic amines) is 1. The first-order chi connectivity index (χ1) is 13.6. The maximum absolute atomic E-state index is 12.1. The Kier molecular flexibility index (Phi) is 7.54. The van der Waals surface area contributed by atoms with Gasteiger partial charge in [0.1, 0.15) is 6.61 Å². The fraction of sp³-hybridized carbons (Fsp3) is 0.682. The van der Waals surface area contributed by atoms with Crippen molar-refractivity contribution in [2.45, 2.75) is 51.7 Å². The second kappa shape index (κ2) is 9.32. The highest BCUT2D eigenvalue weighted by atomic mass is 16.5. The molecule has 164 valence electrons. The molecular formula is C22H35NO6. The number of carbonyl (C=O) groups excluding carboxylic acids is 1.